The third-order valence-corrected chi connectivity index (χ3v) is 7.50. The van der Waals surface area contributed by atoms with Crippen molar-refractivity contribution in [2.24, 2.45) is 0 Å². The molecule has 0 spiro atoms. The fourth-order valence-electron chi connectivity index (χ4n) is 4.20. The number of aliphatic hydroxyl groups excluding tert-OH is 2. The lowest BCUT2D eigenvalue weighted by Gasteiger charge is -2.15. The molecule has 1 aromatic heterocycles. The van der Waals surface area contributed by atoms with E-state index in [2.05, 4.69) is 38.1 Å². The van der Waals surface area contributed by atoms with Gasteiger partial charge in [0.2, 0.25) is 5.91 Å². The summed E-state index contributed by atoms with van der Waals surface area (Å²) in [6.07, 6.45) is 11.5. The Labute approximate surface area is 226 Å². The lowest BCUT2D eigenvalue weighted by atomic mass is 10.1. The van der Waals surface area contributed by atoms with Gasteiger partial charge in [0.1, 0.15) is 4.88 Å². The first kappa shape index (κ1) is 31.0. The van der Waals surface area contributed by atoms with E-state index in [0.29, 0.717) is 30.7 Å². The van der Waals surface area contributed by atoms with Crippen LogP contribution in [0.25, 0.3) is 0 Å². The van der Waals surface area contributed by atoms with Crippen molar-refractivity contribution in [3.63, 3.8) is 0 Å². The number of aliphatic hydroxyl groups is 2. The number of aryl methyl sites for hydroxylation is 2. The van der Waals surface area contributed by atoms with Gasteiger partial charge >= 0.3 is 5.97 Å². The molecule has 37 heavy (non-hydrogen) atoms. The van der Waals surface area contributed by atoms with Crippen LogP contribution in [0.1, 0.15) is 98.2 Å². The first-order chi connectivity index (χ1) is 18.0. The van der Waals surface area contributed by atoms with Gasteiger partial charge in [-0.1, -0.05) is 51.7 Å². The fourth-order valence-corrected chi connectivity index (χ4v) is 5.20. The van der Waals surface area contributed by atoms with Gasteiger partial charge in [0.15, 0.2) is 0 Å². The standard InChI is InChI=1S/C16H23NO.C14H22O4S/c1-2-3-4-5-7-14-9-11-15(12-10-14)17-13-6-8-16(17)18;1-2-5-12-7-8-13(19-12)14(17)18-9-4-3-6-11(16)10-15/h9-12H,2-8,13H2,1H3;7-8,11,15-16H,2-6,9-10H2,1H3. The summed E-state index contributed by atoms with van der Waals surface area (Å²) in [5.41, 5.74) is 2.45. The molecule has 3 rings (SSSR count). The first-order valence-electron chi connectivity index (χ1n) is 13.9. The molecule has 0 radical (unpaired) electrons. The summed E-state index contributed by atoms with van der Waals surface area (Å²) in [6, 6.07) is 12.3. The molecule has 2 heterocycles. The second-order valence-corrected chi connectivity index (χ2v) is 10.8. The molecule has 1 aromatic carbocycles. The summed E-state index contributed by atoms with van der Waals surface area (Å²) in [4.78, 5) is 27.1. The molecule has 7 heteroatoms. The molecule has 0 aliphatic carbocycles. The number of thiophene rings is 1. The monoisotopic (exact) mass is 531 g/mol. The first-order valence-corrected chi connectivity index (χ1v) is 14.7. The van der Waals surface area contributed by atoms with Crippen LogP contribution in [0.2, 0.25) is 0 Å². The van der Waals surface area contributed by atoms with E-state index in [1.54, 1.807) is 0 Å². The van der Waals surface area contributed by atoms with Crippen molar-refractivity contribution in [2.75, 3.05) is 24.7 Å². The van der Waals surface area contributed by atoms with E-state index in [0.717, 1.165) is 44.3 Å². The smallest absolute Gasteiger partial charge is 0.348 e. The number of carbonyl (C=O) groups is 2. The highest BCUT2D eigenvalue weighted by Crippen LogP contribution is 2.22. The quantitative estimate of drug-likeness (QED) is 0.208. The van der Waals surface area contributed by atoms with Gasteiger partial charge in [0, 0.05) is 23.5 Å². The van der Waals surface area contributed by atoms with E-state index in [9.17, 15) is 9.59 Å². The number of carbonyl (C=O) groups excluding carboxylic acids is 2. The van der Waals surface area contributed by atoms with Crippen LogP contribution in [-0.4, -0.2) is 48.0 Å². The van der Waals surface area contributed by atoms with Gasteiger partial charge in [-0.25, -0.2) is 4.79 Å². The van der Waals surface area contributed by atoms with Crippen LogP contribution in [0.4, 0.5) is 5.69 Å². The van der Waals surface area contributed by atoms with Gasteiger partial charge < -0.3 is 19.8 Å². The average Bonchev–Trinajstić information content (AvgIpc) is 3.56. The fraction of sp³-hybridized carbons (Fsp3) is 0.600. The number of amides is 1. The van der Waals surface area contributed by atoms with Gasteiger partial charge in [-0.3, -0.25) is 4.79 Å². The van der Waals surface area contributed by atoms with Crippen molar-refractivity contribution in [1.29, 1.82) is 0 Å². The SMILES string of the molecule is CCCCCCc1ccc(N2CCCC2=O)cc1.CCCc1ccc(C(=O)OCCCCC(O)CO)s1. The number of anilines is 1. The number of benzene rings is 1. The lowest BCUT2D eigenvalue weighted by Crippen LogP contribution is -2.23. The minimum Gasteiger partial charge on any atom is -0.462 e. The van der Waals surface area contributed by atoms with E-state index >= 15 is 0 Å². The molecular formula is C30H45NO5S. The molecule has 6 nitrogen and oxygen atoms in total. The van der Waals surface area contributed by atoms with Crippen LogP contribution in [-0.2, 0) is 22.4 Å². The molecular weight excluding hydrogens is 486 g/mol. The number of rotatable bonds is 15. The molecule has 2 N–H and O–H groups in total. The molecule has 1 unspecified atom stereocenters. The maximum absolute atomic E-state index is 11.7. The lowest BCUT2D eigenvalue weighted by molar-refractivity contribution is -0.117. The molecule has 2 aromatic rings. The van der Waals surface area contributed by atoms with Crippen LogP contribution in [0, 0.1) is 0 Å². The van der Waals surface area contributed by atoms with Crippen molar-refractivity contribution in [3.8, 4) is 0 Å². The van der Waals surface area contributed by atoms with Gasteiger partial charge in [0.25, 0.3) is 0 Å². The Morgan fingerprint density at radius 3 is 2.43 bits per heavy atom. The number of unbranched alkanes of at least 4 members (excludes halogenated alkanes) is 4. The van der Waals surface area contributed by atoms with Gasteiger partial charge in [-0.2, -0.15) is 0 Å². The van der Waals surface area contributed by atoms with Crippen molar-refractivity contribution >= 4 is 28.9 Å². The van der Waals surface area contributed by atoms with Crippen molar-refractivity contribution in [1.82, 2.24) is 0 Å². The van der Waals surface area contributed by atoms with Crippen LogP contribution < -0.4 is 4.90 Å². The second-order valence-electron chi connectivity index (χ2n) is 9.61. The minimum absolute atomic E-state index is 0.213. The van der Waals surface area contributed by atoms with E-state index in [1.807, 2.05) is 17.0 Å². The van der Waals surface area contributed by atoms with Gasteiger partial charge in [-0.05, 0) is 74.8 Å². The average molecular weight is 532 g/mol. The van der Waals surface area contributed by atoms with Crippen molar-refractivity contribution in [3.05, 3.63) is 51.7 Å². The number of hydrogen-bond acceptors (Lipinski definition) is 6. The zero-order valence-corrected chi connectivity index (χ0v) is 23.4. The Balaban J connectivity index is 0.000000260. The maximum Gasteiger partial charge on any atom is 0.348 e. The number of esters is 1. The van der Waals surface area contributed by atoms with Crippen LogP contribution in [0.3, 0.4) is 0 Å². The van der Waals surface area contributed by atoms with Gasteiger partial charge in [0.05, 0.1) is 19.3 Å². The molecule has 1 aliphatic rings. The molecule has 1 fully saturated rings. The molecule has 1 atom stereocenters. The van der Waals surface area contributed by atoms with E-state index < -0.39 is 6.10 Å². The largest absolute Gasteiger partial charge is 0.462 e. The minimum atomic E-state index is -0.662. The summed E-state index contributed by atoms with van der Waals surface area (Å²) < 4.78 is 5.16. The summed E-state index contributed by atoms with van der Waals surface area (Å²) in [7, 11) is 0. The Morgan fingerprint density at radius 1 is 1.00 bits per heavy atom. The zero-order valence-electron chi connectivity index (χ0n) is 22.6. The van der Waals surface area contributed by atoms with E-state index in [4.69, 9.17) is 14.9 Å². The molecule has 0 bridgehead atoms. The second kappa shape index (κ2) is 18.1. The highest BCUT2D eigenvalue weighted by atomic mass is 32.1. The Kier molecular flexibility index (Phi) is 15.2. The Bertz CT molecular complexity index is 911. The normalized spacial score (nSPS) is 13.8. The van der Waals surface area contributed by atoms with Crippen molar-refractivity contribution in [2.45, 2.75) is 97.0 Å². The third kappa shape index (κ3) is 11.8. The Hall–Kier alpha value is -2.22. The maximum atomic E-state index is 11.7. The van der Waals surface area contributed by atoms with Crippen LogP contribution in [0.15, 0.2) is 36.4 Å². The molecule has 206 valence electrons. The predicted octanol–water partition coefficient (Wildman–Crippen LogP) is 6.32. The van der Waals surface area contributed by atoms with E-state index in [-0.39, 0.29) is 18.5 Å². The summed E-state index contributed by atoms with van der Waals surface area (Å²) in [6.45, 7) is 5.38. The molecule has 1 saturated heterocycles. The summed E-state index contributed by atoms with van der Waals surface area (Å²) >= 11 is 1.49. The Morgan fingerprint density at radius 2 is 1.78 bits per heavy atom. The topological polar surface area (TPSA) is 87.1 Å². The van der Waals surface area contributed by atoms with Crippen LogP contribution in [0.5, 0.6) is 0 Å². The van der Waals surface area contributed by atoms with E-state index in [1.165, 1.54) is 47.5 Å². The molecule has 0 saturated carbocycles. The number of nitrogens with zero attached hydrogens (tertiary/aromatic N) is 1. The number of ether oxygens (including phenoxy) is 1. The number of hydrogen-bond donors (Lipinski definition) is 2. The van der Waals surface area contributed by atoms with Gasteiger partial charge in [-0.15, -0.1) is 11.3 Å². The zero-order chi connectivity index (χ0) is 26.9. The molecule has 1 aliphatic heterocycles. The predicted molar refractivity (Wildman–Crippen MR) is 151 cm³/mol. The highest BCUT2D eigenvalue weighted by molar-refractivity contribution is 7.13. The highest BCUT2D eigenvalue weighted by Gasteiger charge is 2.21. The summed E-state index contributed by atoms with van der Waals surface area (Å²) in [5, 5.41) is 17.8. The van der Waals surface area contributed by atoms with Crippen LogP contribution >= 0.6 is 11.3 Å². The summed E-state index contributed by atoms with van der Waals surface area (Å²) in [5.74, 6) is 0.000700. The third-order valence-electron chi connectivity index (χ3n) is 6.38. The van der Waals surface area contributed by atoms with Crippen molar-refractivity contribution < 1.29 is 24.5 Å². The molecule has 1 amide bonds.